The van der Waals surface area contributed by atoms with Crippen LogP contribution in [-0.2, 0) is 11.3 Å². The van der Waals surface area contributed by atoms with Crippen LogP contribution >= 0.6 is 11.8 Å². The summed E-state index contributed by atoms with van der Waals surface area (Å²) in [4.78, 5) is 19.1. The van der Waals surface area contributed by atoms with E-state index >= 15 is 0 Å². The van der Waals surface area contributed by atoms with E-state index in [4.69, 9.17) is 9.72 Å². The van der Waals surface area contributed by atoms with Crippen molar-refractivity contribution >= 4 is 34.3 Å². The number of anilines is 2. The highest BCUT2D eigenvalue weighted by molar-refractivity contribution is 7.98. The first kappa shape index (κ1) is 23.5. The van der Waals surface area contributed by atoms with Crippen molar-refractivity contribution in [1.82, 2.24) is 19.5 Å². The Labute approximate surface area is 206 Å². The van der Waals surface area contributed by atoms with Gasteiger partial charge in [-0.2, -0.15) is 4.98 Å². The zero-order chi connectivity index (χ0) is 24.4. The van der Waals surface area contributed by atoms with Gasteiger partial charge in [0.05, 0.1) is 29.5 Å². The lowest BCUT2D eigenvalue weighted by molar-refractivity contribution is 0.139. The van der Waals surface area contributed by atoms with Gasteiger partial charge in [-0.25, -0.2) is 18.7 Å². The van der Waals surface area contributed by atoms with Crippen molar-refractivity contribution in [2.24, 2.45) is 0 Å². The van der Waals surface area contributed by atoms with E-state index in [2.05, 4.69) is 50.3 Å². The van der Waals surface area contributed by atoms with E-state index in [9.17, 15) is 8.78 Å². The van der Waals surface area contributed by atoms with Crippen LogP contribution in [0.15, 0.2) is 59.6 Å². The summed E-state index contributed by atoms with van der Waals surface area (Å²) in [7, 11) is 1.66. The minimum Gasteiger partial charge on any atom is -0.383 e. The average molecular weight is 497 g/mol. The number of imidazole rings is 1. The molecule has 0 atom stereocenters. The molecule has 2 aromatic heterocycles. The normalized spacial score (nSPS) is 13.6. The average Bonchev–Trinajstić information content (AvgIpc) is 3.28. The molecular weight excluding hydrogens is 470 g/mol. The summed E-state index contributed by atoms with van der Waals surface area (Å²) < 4.78 is 34.5. The highest BCUT2D eigenvalue weighted by Gasteiger charge is 2.27. The maximum atomic E-state index is 13.9. The Morgan fingerprint density at radius 2 is 1.80 bits per heavy atom. The van der Waals surface area contributed by atoms with Crippen LogP contribution in [0.25, 0.3) is 17.0 Å². The van der Waals surface area contributed by atoms with Gasteiger partial charge >= 0.3 is 0 Å². The molecule has 35 heavy (non-hydrogen) atoms. The zero-order valence-electron chi connectivity index (χ0n) is 19.6. The lowest BCUT2D eigenvalue weighted by Gasteiger charge is -2.37. The maximum Gasteiger partial charge on any atom is 0.296 e. The first-order valence-corrected chi connectivity index (χ1v) is 12.6. The predicted octanol–water partition coefficient (Wildman–Crippen LogP) is 4.95. The van der Waals surface area contributed by atoms with Crippen LogP contribution in [-0.4, -0.2) is 59.1 Å². The van der Waals surface area contributed by atoms with Crippen molar-refractivity contribution in [1.29, 1.82) is 0 Å². The Kier molecular flexibility index (Phi) is 6.83. The number of ether oxygens (including phenoxy) is 1. The molecule has 0 fully saturated rings. The summed E-state index contributed by atoms with van der Waals surface area (Å²) in [6.07, 6.45) is 1.03. The third kappa shape index (κ3) is 4.68. The van der Waals surface area contributed by atoms with Crippen LogP contribution in [0.3, 0.4) is 0 Å². The van der Waals surface area contributed by atoms with Crippen molar-refractivity contribution < 1.29 is 13.5 Å². The third-order valence-corrected chi connectivity index (χ3v) is 6.84. The smallest absolute Gasteiger partial charge is 0.296 e. The van der Waals surface area contributed by atoms with Crippen molar-refractivity contribution in [3.63, 3.8) is 0 Å². The van der Waals surface area contributed by atoms with Gasteiger partial charge in [0.25, 0.3) is 6.43 Å². The number of thioether (sulfide) groups is 1. The highest BCUT2D eigenvalue weighted by Crippen LogP contribution is 2.34. The van der Waals surface area contributed by atoms with Gasteiger partial charge in [0.15, 0.2) is 11.6 Å². The summed E-state index contributed by atoms with van der Waals surface area (Å²) in [6.45, 7) is 3.41. The van der Waals surface area contributed by atoms with Crippen molar-refractivity contribution in [2.75, 3.05) is 49.4 Å². The van der Waals surface area contributed by atoms with Gasteiger partial charge in [0, 0.05) is 38.2 Å². The van der Waals surface area contributed by atoms with Gasteiger partial charge in [-0.15, -0.1) is 11.8 Å². The number of alkyl halides is 2. The van der Waals surface area contributed by atoms with Crippen LogP contribution < -0.4 is 9.80 Å². The first-order chi connectivity index (χ1) is 17.1. The second-order valence-corrected chi connectivity index (χ2v) is 9.10. The van der Waals surface area contributed by atoms with E-state index in [0.29, 0.717) is 36.5 Å². The Hall–Kier alpha value is -3.24. The molecule has 0 aliphatic carbocycles. The molecule has 1 aliphatic heterocycles. The topological polar surface area (TPSA) is 59.3 Å². The number of hydrogen-bond acceptors (Lipinski definition) is 7. The largest absolute Gasteiger partial charge is 0.383 e. The Balaban J connectivity index is 1.56. The van der Waals surface area contributed by atoms with E-state index in [1.807, 2.05) is 0 Å². The fraction of sp³-hybridized carbons (Fsp3) is 0.320. The summed E-state index contributed by atoms with van der Waals surface area (Å²) in [5.74, 6) is 0.523. The molecule has 2 aromatic carbocycles. The van der Waals surface area contributed by atoms with Crippen LogP contribution in [0.5, 0.6) is 0 Å². The van der Waals surface area contributed by atoms with Gasteiger partial charge in [0.1, 0.15) is 0 Å². The van der Waals surface area contributed by atoms with Gasteiger partial charge in [-0.1, -0.05) is 24.3 Å². The molecule has 0 radical (unpaired) electrons. The van der Waals surface area contributed by atoms with E-state index in [1.54, 1.807) is 49.3 Å². The molecule has 0 saturated heterocycles. The maximum absolute atomic E-state index is 13.9. The molecule has 0 amide bonds. The summed E-state index contributed by atoms with van der Waals surface area (Å²) >= 11 is 1.71. The number of fused-ring (bicyclic) bond motifs is 2. The van der Waals surface area contributed by atoms with E-state index in [0.717, 1.165) is 18.8 Å². The van der Waals surface area contributed by atoms with Crippen LogP contribution in [0.2, 0.25) is 0 Å². The molecule has 5 rings (SSSR count). The highest BCUT2D eigenvalue weighted by atomic mass is 32.2. The molecule has 182 valence electrons. The van der Waals surface area contributed by atoms with E-state index < -0.39 is 6.43 Å². The second-order valence-electron chi connectivity index (χ2n) is 8.22. The van der Waals surface area contributed by atoms with Crippen LogP contribution in [0.4, 0.5) is 20.3 Å². The van der Waals surface area contributed by atoms with Crippen LogP contribution in [0, 0.1) is 0 Å². The number of halogens is 2. The molecule has 3 heterocycles. The van der Waals surface area contributed by atoms with E-state index in [-0.39, 0.29) is 11.8 Å². The minimum absolute atomic E-state index is 0.182. The summed E-state index contributed by atoms with van der Waals surface area (Å²) in [6, 6.07) is 15.5. The fourth-order valence-corrected chi connectivity index (χ4v) is 4.73. The SMILES string of the molecule is COCCN1CCN(Cc2ccc(SC)cc2)c2cnc(-n3c(C(F)F)nc4ccccc43)nc21. The molecule has 0 spiro atoms. The van der Waals surface area contributed by atoms with Crippen molar-refractivity contribution in [2.45, 2.75) is 17.9 Å². The number of rotatable bonds is 8. The van der Waals surface area contributed by atoms with Gasteiger partial charge in [-0.05, 0) is 36.1 Å². The number of methoxy groups -OCH3 is 1. The number of aromatic nitrogens is 4. The lowest BCUT2D eigenvalue weighted by atomic mass is 10.2. The quantitative estimate of drug-likeness (QED) is 0.320. The minimum atomic E-state index is -2.76. The molecule has 1 aliphatic rings. The monoisotopic (exact) mass is 496 g/mol. The van der Waals surface area contributed by atoms with Gasteiger partial charge < -0.3 is 14.5 Å². The lowest BCUT2D eigenvalue weighted by Crippen LogP contribution is -2.43. The van der Waals surface area contributed by atoms with Crippen LogP contribution in [0.1, 0.15) is 17.8 Å². The standard InChI is InChI=1S/C25H26F2N6OS/c1-34-14-13-31-11-12-32(16-17-7-9-18(35-2)10-8-17)21-15-28-25(30-23(21)31)33-20-6-4-3-5-19(20)29-24(33)22(26)27/h3-10,15,22H,11-14,16H2,1-2H3. The number of benzene rings is 2. The number of para-hydroxylation sites is 2. The Morgan fingerprint density at radius 1 is 1.03 bits per heavy atom. The molecule has 0 N–H and O–H groups in total. The number of hydrogen-bond donors (Lipinski definition) is 0. The summed E-state index contributed by atoms with van der Waals surface area (Å²) in [5.41, 5.74) is 3.08. The number of nitrogens with zero attached hydrogens (tertiary/aromatic N) is 6. The fourth-order valence-electron chi connectivity index (χ4n) is 4.32. The molecule has 10 heteroatoms. The Bertz CT molecular complexity index is 1310. The van der Waals surface area contributed by atoms with Gasteiger partial charge in [-0.3, -0.25) is 4.57 Å². The predicted molar refractivity (Wildman–Crippen MR) is 135 cm³/mol. The van der Waals surface area contributed by atoms with Crippen molar-refractivity contribution in [3.05, 3.63) is 66.1 Å². The Morgan fingerprint density at radius 3 is 2.54 bits per heavy atom. The second kappa shape index (κ2) is 10.2. The van der Waals surface area contributed by atoms with Gasteiger partial charge in [0.2, 0.25) is 5.95 Å². The molecule has 7 nitrogen and oxygen atoms in total. The first-order valence-electron chi connectivity index (χ1n) is 11.3. The molecule has 4 aromatic rings. The zero-order valence-corrected chi connectivity index (χ0v) is 20.4. The molecular formula is C25H26F2N6OS. The third-order valence-electron chi connectivity index (χ3n) is 6.10. The molecule has 0 unspecified atom stereocenters. The van der Waals surface area contributed by atoms with Crippen molar-refractivity contribution in [3.8, 4) is 5.95 Å². The molecule has 0 bridgehead atoms. The summed E-state index contributed by atoms with van der Waals surface area (Å²) in [5, 5.41) is 0. The molecule has 0 saturated carbocycles. The van der Waals surface area contributed by atoms with E-state index in [1.165, 1.54) is 15.0 Å².